The monoisotopic (exact) mass is 371 g/mol. The summed E-state index contributed by atoms with van der Waals surface area (Å²) in [6.07, 6.45) is 23.3. The highest BCUT2D eigenvalue weighted by Gasteiger charge is 2.02. The van der Waals surface area contributed by atoms with Gasteiger partial charge in [-0.1, -0.05) is 110 Å². The fourth-order valence-corrected chi connectivity index (χ4v) is 3.22. The van der Waals surface area contributed by atoms with E-state index in [4.69, 9.17) is 9.94 Å². The molecule has 26 heavy (non-hydrogen) atoms. The van der Waals surface area contributed by atoms with Crippen molar-refractivity contribution < 1.29 is 14.7 Å². The van der Waals surface area contributed by atoms with Crippen LogP contribution in [0.1, 0.15) is 122 Å². The Labute approximate surface area is 162 Å². The van der Waals surface area contributed by atoms with Gasteiger partial charge in [0.25, 0.3) is 0 Å². The highest BCUT2D eigenvalue weighted by atomic mass is 16.7. The number of unbranched alkanes of at least 4 members (excludes halogenated alkanes) is 16. The molecular formula is C22H45NO3. The third-order valence-electron chi connectivity index (χ3n) is 4.88. The van der Waals surface area contributed by atoms with E-state index in [1.54, 1.807) is 0 Å². The number of aliphatic hydroxyl groups is 1. The average Bonchev–Trinajstić information content (AvgIpc) is 2.64. The van der Waals surface area contributed by atoms with Crippen molar-refractivity contribution in [2.75, 3.05) is 13.2 Å². The zero-order valence-corrected chi connectivity index (χ0v) is 17.4. The van der Waals surface area contributed by atoms with Crippen LogP contribution in [0.4, 0.5) is 0 Å². The minimum atomic E-state index is -0.223. The molecule has 2 N–H and O–H groups in total. The third-order valence-corrected chi connectivity index (χ3v) is 4.88. The van der Waals surface area contributed by atoms with Gasteiger partial charge in [0.15, 0.2) is 0 Å². The second-order valence-corrected chi connectivity index (χ2v) is 7.50. The van der Waals surface area contributed by atoms with Gasteiger partial charge in [-0.3, -0.25) is 4.79 Å². The molecular weight excluding hydrogens is 326 g/mol. The van der Waals surface area contributed by atoms with Crippen molar-refractivity contribution in [3.05, 3.63) is 0 Å². The molecule has 0 amide bonds. The summed E-state index contributed by atoms with van der Waals surface area (Å²) in [5.41, 5.74) is 2.44. The molecule has 0 aromatic rings. The second-order valence-electron chi connectivity index (χ2n) is 7.50. The number of carbonyl (C=O) groups is 1. The number of nitrogens with one attached hydrogen (secondary N) is 1. The average molecular weight is 372 g/mol. The van der Waals surface area contributed by atoms with Gasteiger partial charge in [0.2, 0.25) is 0 Å². The normalized spacial score (nSPS) is 11.0. The van der Waals surface area contributed by atoms with Crippen LogP contribution < -0.4 is 5.48 Å². The molecule has 0 aliphatic heterocycles. The predicted molar refractivity (Wildman–Crippen MR) is 110 cm³/mol. The van der Waals surface area contributed by atoms with Crippen LogP contribution in [-0.4, -0.2) is 24.2 Å². The topological polar surface area (TPSA) is 58.6 Å². The lowest BCUT2D eigenvalue weighted by Gasteiger charge is -2.05. The minimum absolute atomic E-state index is 0.0214. The molecule has 4 heteroatoms. The largest absolute Gasteiger partial charge is 0.395 e. The summed E-state index contributed by atoms with van der Waals surface area (Å²) in [6.45, 7) is 2.55. The van der Waals surface area contributed by atoms with E-state index in [1.807, 2.05) is 0 Å². The van der Waals surface area contributed by atoms with E-state index in [0.717, 1.165) is 12.8 Å². The van der Waals surface area contributed by atoms with Crippen LogP contribution in [0.5, 0.6) is 0 Å². The maximum atomic E-state index is 11.3. The van der Waals surface area contributed by atoms with Crippen LogP contribution in [0.2, 0.25) is 0 Å². The summed E-state index contributed by atoms with van der Waals surface area (Å²) in [6, 6.07) is 0. The number of hydrogen-bond donors (Lipinski definition) is 2. The molecule has 0 aromatic heterocycles. The van der Waals surface area contributed by atoms with Gasteiger partial charge in [-0.15, -0.1) is 0 Å². The van der Waals surface area contributed by atoms with Gasteiger partial charge in [0, 0.05) is 6.42 Å². The second kappa shape index (κ2) is 22.4. The van der Waals surface area contributed by atoms with Crippen molar-refractivity contribution in [1.82, 2.24) is 5.48 Å². The van der Waals surface area contributed by atoms with E-state index in [2.05, 4.69) is 12.4 Å². The maximum absolute atomic E-state index is 11.3. The Morgan fingerprint density at radius 3 is 1.46 bits per heavy atom. The number of carbonyl (C=O) groups excluding carboxylic acids is 1. The third kappa shape index (κ3) is 21.4. The van der Waals surface area contributed by atoms with E-state index >= 15 is 0 Å². The highest BCUT2D eigenvalue weighted by molar-refractivity contribution is 5.68. The summed E-state index contributed by atoms with van der Waals surface area (Å²) in [7, 11) is 0. The van der Waals surface area contributed by atoms with Crippen molar-refractivity contribution >= 4 is 5.97 Å². The van der Waals surface area contributed by atoms with E-state index in [-0.39, 0.29) is 12.6 Å². The quantitative estimate of drug-likeness (QED) is 0.190. The molecule has 0 radical (unpaired) electrons. The Bertz CT molecular complexity index is 285. The van der Waals surface area contributed by atoms with Crippen molar-refractivity contribution in [3.8, 4) is 0 Å². The minimum Gasteiger partial charge on any atom is -0.395 e. The van der Waals surface area contributed by atoms with E-state index in [9.17, 15) is 4.79 Å². The standard InChI is InChI=1S/C22H45NO3/c1-2-3-4-5-6-7-8-9-10-11-12-13-14-15-16-17-18-19-22(25)26-23-20-21-24/h23-24H,2-21H2,1H3. The summed E-state index contributed by atoms with van der Waals surface area (Å²) in [4.78, 5) is 16.1. The van der Waals surface area contributed by atoms with Crippen molar-refractivity contribution in [2.45, 2.75) is 122 Å². The number of rotatable bonds is 21. The number of hydrogen-bond acceptors (Lipinski definition) is 4. The van der Waals surface area contributed by atoms with Crippen molar-refractivity contribution in [1.29, 1.82) is 0 Å². The van der Waals surface area contributed by atoms with Gasteiger partial charge in [-0.05, 0) is 6.42 Å². The lowest BCUT2D eigenvalue weighted by Crippen LogP contribution is -2.22. The summed E-state index contributed by atoms with van der Waals surface area (Å²) < 4.78 is 0. The summed E-state index contributed by atoms with van der Waals surface area (Å²) in [5, 5.41) is 8.56. The molecule has 0 bridgehead atoms. The SMILES string of the molecule is CCCCCCCCCCCCCCCCCCCC(=O)ONCCO. The Hall–Kier alpha value is -0.610. The molecule has 0 aliphatic rings. The molecule has 0 heterocycles. The first-order valence-electron chi connectivity index (χ1n) is 11.3. The lowest BCUT2D eigenvalue weighted by atomic mass is 10.0. The molecule has 0 saturated carbocycles. The zero-order chi connectivity index (χ0) is 19.1. The fourth-order valence-electron chi connectivity index (χ4n) is 3.22. The van der Waals surface area contributed by atoms with Crippen LogP contribution in [0, 0.1) is 0 Å². The van der Waals surface area contributed by atoms with Gasteiger partial charge in [-0.25, -0.2) is 0 Å². The molecule has 0 saturated heterocycles. The Morgan fingerprint density at radius 1 is 0.692 bits per heavy atom. The zero-order valence-electron chi connectivity index (χ0n) is 17.4. The molecule has 0 spiro atoms. The Morgan fingerprint density at radius 2 is 1.08 bits per heavy atom. The first kappa shape index (κ1) is 25.4. The first-order chi connectivity index (χ1) is 12.8. The van der Waals surface area contributed by atoms with E-state index < -0.39 is 0 Å². The van der Waals surface area contributed by atoms with Gasteiger partial charge < -0.3 is 9.94 Å². The Balaban J connectivity index is 3.06. The molecule has 4 nitrogen and oxygen atoms in total. The van der Waals surface area contributed by atoms with Gasteiger partial charge >= 0.3 is 5.97 Å². The van der Waals surface area contributed by atoms with Gasteiger partial charge in [0.05, 0.1) is 13.2 Å². The van der Waals surface area contributed by atoms with E-state index in [0.29, 0.717) is 13.0 Å². The molecule has 0 unspecified atom stereocenters. The first-order valence-corrected chi connectivity index (χ1v) is 11.3. The maximum Gasteiger partial charge on any atom is 0.324 e. The van der Waals surface area contributed by atoms with E-state index in [1.165, 1.54) is 96.3 Å². The van der Waals surface area contributed by atoms with Crippen LogP contribution in [-0.2, 0) is 9.63 Å². The fraction of sp³-hybridized carbons (Fsp3) is 0.955. The van der Waals surface area contributed by atoms with Crippen LogP contribution >= 0.6 is 0 Å². The summed E-state index contributed by atoms with van der Waals surface area (Å²) in [5.74, 6) is -0.223. The molecule has 0 aliphatic carbocycles. The molecule has 0 aromatic carbocycles. The number of hydroxylamine groups is 1. The summed E-state index contributed by atoms with van der Waals surface area (Å²) >= 11 is 0. The molecule has 0 fully saturated rings. The number of aliphatic hydroxyl groups excluding tert-OH is 1. The van der Waals surface area contributed by atoms with Crippen LogP contribution in [0.3, 0.4) is 0 Å². The molecule has 0 rings (SSSR count). The predicted octanol–water partition coefficient (Wildman–Crippen LogP) is 6.07. The van der Waals surface area contributed by atoms with Gasteiger partial charge in [0.1, 0.15) is 0 Å². The van der Waals surface area contributed by atoms with Crippen LogP contribution in [0.25, 0.3) is 0 Å². The molecule has 0 atom stereocenters. The molecule has 156 valence electrons. The Kier molecular flexibility index (Phi) is 21.9. The van der Waals surface area contributed by atoms with Crippen molar-refractivity contribution in [2.24, 2.45) is 0 Å². The smallest absolute Gasteiger partial charge is 0.324 e. The van der Waals surface area contributed by atoms with Crippen LogP contribution in [0.15, 0.2) is 0 Å². The van der Waals surface area contributed by atoms with Crippen molar-refractivity contribution in [3.63, 3.8) is 0 Å². The highest BCUT2D eigenvalue weighted by Crippen LogP contribution is 2.14. The van der Waals surface area contributed by atoms with Gasteiger partial charge in [-0.2, -0.15) is 5.48 Å². The lowest BCUT2D eigenvalue weighted by molar-refractivity contribution is -0.151.